The first-order valence-corrected chi connectivity index (χ1v) is 8.59. The quantitative estimate of drug-likeness (QED) is 0.781. The molecule has 7 nitrogen and oxygen atoms in total. The molecule has 0 saturated carbocycles. The van der Waals surface area contributed by atoms with Gasteiger partial charge in [-0.2, -0.15) is 5.10 Å². The molecule has 27 heavy (non-hydrogen) atoms. The van der Waals surface area contributed by atoms with Crippen LogP contribution in [0.2, 0.25) is 0 Å². The number of halogens is 2. The monoisotopic (exact) mass is 415 g/mol. The standard InChI is InChI=1S/C18H25N5O2.2ClH/c1-13-20-14(2)23(22-13)11-15-4-3-5-16(10-15)21-17(24)18(12-19)6-8-25-9-7-18;;/h3-5,10H,6-9,11-12,19H2,1-2H3,(H,21,24);2*1H. The van der Waals surface area contributed by atoms with Gasteiger partial charge in [-0.05, 0) is 44.4 Å². The predicted molar refractivity (Wildman–Crippen MR) is 110 cm³/mol. The zero-order chi connectivity index (χ0) is 17.9. The lowest BCUT2D eigenvalue weighted by molar-refractivity contribution is -0.130. The molecule has 0 unspecified atom stereocenters. The van der Waals surface area contributed by atoms with Gasteiger partial charge < -0.3 is 15.8 Å². The van der Waals surface area contributed by atoms with Crippen molar-refractivity contribution in [3.8, 4) is 0 Å². The third kappa shape index (κ3) is 5.42. The summed E-state index contributed by atoms with van der Waals surface area (Å²) in [5.41, 5.74) is 7.20. The Bertz CT molecular complexity index is 760. The van der Waals surface area contributed by atoms with Crippen LogP contribution in [0.25, 0.3) is 0 Å². The topological polar surface area (TPSA) is 95.1 Å². The lowest BCUT2D eigenvalue weighted by Crippen LogP contribution is -2.46. The van der Waals surface area contributed by atoms with Crippen LogP contribution in [0.5, 0.6) is 0 Å². The van der Waals surface area contributed by atoms with E-state index < -0.39 is 5.41 Å². The van der Waals surface area contributed by atoms with Crippen LogP contribution in [0.4, 0.5) is 5.69 Å². The van der Waals surface area contributed by atoms with Crippen LogP contribution < -0.4 is 11.1 Å². The van der Waals surface area contributed by atoms with Crippen LogP contribution in [0.3, 0.4) is 0 Å². The number of anilines is 1. The molecular formula is C18H27Cl2N5O2. The Kier molecular flexibility index (Phi) is 8.68. The van der Waals surface area contributed by atoms with Gasteiger partial charge in [0.1, 0.15) is 11.6 Å². The minimum Gasteiger partial charge on any atom is -0.381 e. The molecule has 1 aliphatic rings. The fraction of sp³-hybridized carbons (Fsp3) is 0.500. The fourth-order valence-electron chi connectivity index (χ4n) is 3.18. The Hall–Kier alpha value is -1.67. The maximum Gasteiger partial charge on any atom is 0.232 e. The number of nitrogens with zero attached hydrogens (tertiary/aromatic N) is 3. The summed E-state index contributed by atoms with van der Waals surface area (Å²) in [7, 11) is 0. The minimum absolute atomic E-state index is 0. The van der Waals surface area contributed by atoms with Crippen LogP contribution in [-0.2, 0) is 16.1 Å². The Morgan fingerprint density at radius 2 is 2.00 bits per heavy atom. The number of aryl methyl sites for hydroxylation is 2. The van der Waals surface area contributed by atoms with Crippen molar-refractivity contribution in [3.63, 3.8) is 0 Å². The Morgan fingerprint density at radius 3 is 2.59 bits per heavy atom. The Balaban J connectivity index is 0.00000182. The van der Waals surface area contributed by atoms with Crippen LogP contribution in [-0.4, -0.2) is 40.4 Å². The molecule has 1 aromatic heterocycles. The van der Waals surface area contributed by atoms with Gasteiger partial charge in [0.2, 0.25) is 5.91 Å². The van der Waals surface area contributed by atoms with Crippen LogP contribution >= 0.6 is 24.8 Å². The van der Waals surface area contributed by atoms with E-state index in [1.807, 2.05) is 42.8 Å². The van der Waals surface area contributed by atoms with Crippen molar-refractivity contribution < 1.29 is 9.53 Å². The molecule has 3 rings (SSSR count). The van der Waals surface area contributed by atoms with E-state index in [4.69, 9.17) is 10.5 Å². The number of amides is 1. The number of hydrogen-bond acceptors (Lipinski definition) is 5. The second kappa shape index (κ2) is 10.0. The SMILES string of the molecule is Cc1nc(C)n(Cc2cccc(NC(=O)C3(CN)CCOCC3)c2)n1.Cl.Cl. The van der Waals surface area contributed by atoms with Gasteiger partial charge >= 0.3 is 0 Å². The highest BCUT2D eigenvalue weighted by atomic mass is 35.5. The second-order valence-electron chi connectivity index (χ2n) is 6.62. The van der Waals surface area contributed by atoms with E-state index in [2.05, 4.69) is 15.4 Å². The Morgan fingerprint density at radius 1 is 1.30 bits per heavy atom. The number of benzene rings is 1. The van der Waals surface area contributed by atoms with Gasteiger partial charge in [0, 0.05) is 25.4 Å². The molecule has 1 amide bonds. The Labute approximate surface area is 171 Å². The largest absolute Gasteiger partial charge is 0.381 e. The predicted octanol–water partition coefficient (Wildman–Crippen LogP) is 2.48. The van der Waals surface area contributed by atoms with E-state index in [1.54, 1.807) is 0 Å². The van der Waals surface area contributed by atoms with Gasteiger partial charge in [0.25, 0.3) is 0 Å². The molecule has 1 aliphatic heterocycles. The van der Waals surface area contributed by atoms with E-state index in [9.17, 15) is 4.79 Å². The average Bonchev–Trinajstić information content (AvgIpc) is 2.93. The van der Waals surface area contributed by atoms with Gasteiger partial charge in [0.05, 0.1) is 12.0 Å². The number of nitrogens with two attached hydrogens (primary N) is 1. The lowest BCUT2D eigenvalue weighted by Gasteiger charge is -2.34. The van der Waals surface area contributed by atoms with Crippen LogP contribution in [0.15, 0.2) is 24.3 Å². The first kappa shape index (κ1) is 23.4. The summed E-state index contributed by atoms with van der Waals surface area (Å²) in [6.45, 7) is 5.92. The third-order valence-electron chi connectivity index (χ3n) is 4.80. The molecule has 0 aliphatic carbocycles. The second-order valence-corrected chi connectivity index (χ2v) is 6.62. The number of carbonyl (C=O) groups excluding carboxylic acids is 1. The molecule has 2 aromatic rings. The molecule has 0 atom stereocenters. The number of aromatic nitrogens is 3. The molecule has 2 heterocycles. The molecule has 0 radical (unpaired) electrons. The highest BCUT2D eigenvalue weighted by molar-refractivity contribution is 5.95. The van der Waals surface area contributed by atoms with Gasteiger partial charge in [-0.1, -0.05) is 12.1 Å². The van der Waals surface area contributed by atoms with E-state index in [-0.39, 0.29) is 30.7 Å². The van der Waals surface area contributed by atoms with Crippen molar-refractivity contribution >= 4 is 36.4 Å². The molecule has 150 valence electrons. The van der Waals surface area contributed by atoms with Crippen molar-refractivity contribution in [2.45, 2.75) is 33.2 Å². The van der Waals surface area contributed by atoms with Gasteiger partial charge in [-0.25, -0.2) is 9.67 Å². The summed E-state index contributed by atoms with van der Waals surface area (Å²) < 4.78 is 7.23. The third-order valence-corrected chi connectivity index (χ3v) is 4.80. The summed E-state index contributed by atoms with van der Waals surface area (Å²) in [5, 5.41) is 7.41. The van der Waals surface area contributed by atoms with Crippen LogP contribution in [0.1, 0.15) is 30.1 Å². The first-order valence-electron chi connectivity index (χ1n) is 8.59. The maximum absolute atomic E-state index is 12.8. The number of carbonyl (C=O) groups is 1. The van der Waals surface area contributed by atoms with E-state index in [0.717, 1.165) is 22.9 Å². The summed E-state index contributed by atoms with van der Waals surface area (Å²) >= 11 is 0. The molecule has 0 bridgehead atoms. The lowest BCUT2D eigenvalue weighted by atomic mass is 9.79. The number of ether oxygens (including phenoxy) is 1. The molecule has 0 spiro atoms. The number of hydrogen-bond donors (Lipinski definition) is 2. The summed E-state index contributed by atoms with van der Waals surface area (Å²) in [5.74, 6) is 1.60. The zero-order valence-corrected chi connectivity index (χ0v) is 17.2. The van der Waals surface area contributed by atoms with E-state index in [0.29, 0.717) is 39.1 Å². The first-order chi connectivity index (χ1) is 12.0. The molecule has 1 saturated heterocycles. The minimum atomic E-state index is -0.534. The maximum atomic E-state index is 12.8. The van der Waals surface area contributed by atoms with Gasteiger partial charge in [-0.15, -0.1) is 24.8 Å². The highest BCUT2D eigenvalue weighted by Crippen LogP contribution is 2.31. The molecule has 1 fully saturated rings. The zero-order valence-electron chi connectivity index (χ0n) is 15.6. The molecule has 3 N–H and O–H groups in total. The van der Waals surface area contributed by atoms with Crippen molar-refractivity contribution in [2.24, 2.45) is 11.1 Å². The number of nitrogens with one attached hydrogen (secondary N) is 1. The van der Waals surface area contributed by atoms with E-state index in [1.165, 1.54) is 0 Å². The highest BCUT2D eigenvalue weighted by Gasteiger charge is 2.38. The summed E-state index contributed by atoms with van der Waals surface area (Å²) in [4.78, 5) is 17.1. The van der Waals surface area contributed by atoms with Crippen molar-refractivity contribution in [2.75, 3.05) is 25.1 Å². The van der Waals surface area contributed by atoms with Crippen molar-refractivity contribution in [1.82, 2.24) is 14.8 Å². The van der Waals surface area contributed by atoms with Crippen LogP contribution in [0, 0.1) is 19.3 Å². The fourth-order valence-corrected chi connectivity index (χ4v) is 3.18. The molecule has 9 heteroatoms. The van der Waals surface area contributed by atoms with E-state index >= 15 is 0 Å². The van der Waals surface area contributed by atoms with Crippen molar-refractivity contribution in [3.05, 3.63) is 41.5 Å². The van der Waals surface area contributed by atoms with Gasteiger partial charge in [0.15, 0.2) is 0 Å². The smallest absolute Gasteiger partial charge is 0.232 e. The summed E-state index contributed by atoms with van der Waals surface area (Å²) in [6.07, 6.45) is 1.32. The number of rotatable bonds is 5. The molecular weight excluding hydrogens is 389 g/mol. The normalized spacial score (nSPS) is 15.4. The van der Waals surface area contributed by atoms with Crippen molar-refractivity contribution in [1.29, 1.82) is 0 Å². The average molecular weight is 416 g/mol. The van der Waals surface area contributed by atoms with Gasteiger partial charge in [-0.3, -0.25) is 4.79 Å². The molecule has 1 aromatic carbocycles. The summed E-state index contributed by atoms with van der Waals surface area (Å²) in [6, 6.07) is 7.81.